The molecule has 2 aromatic rings. The topological polar surface area (TPSA) is 48.0 Å². The Morgan fingerprint density at radius 1 is 1.04 bits per heavy atom. The van der Waals surface area contributed by atoms with Gasteiger partial charge in [0.25, 0.3) is 0 Å². The summed E-state index contributed by atoms with van der Waals surface area (Å²) in [6.45, 7) is 4.32. The zero-order valence-electron chi connectivity index (χ0n) is 16.2. The van der Waals surface area contributed by atoms with Crippen LogP contribution in [0.5, 0.6) is 17.2 Å². The lowest BCUT2D eigenvalue weighted by atomic mass is 10.1. The predicted octanol–water partition coefficient (Wildman–Crippen LogP) is 3.95. The van der Waals surface area contributed by atoms with Gasteiger partial charge in [0.2, 0.25) is 0 Å². The number of carbonyl (C=O) groups excluding carboxylic acids is 1. The number of ketones is 1. The Morgan fingerprint density at radius 3 is 2.44 bits per heavy atom. The van der Waals surface area contributed by atoms with Crippen molar-refractivity contribution in [1.82, 2.24) is 4.90 Å². The Labute approximate surface area is 160 Å². The number of likely N-dealkylation sites (tertiary alicyclic amines) is 1. The lowest BCUT2D eigenvalue weighted by molar-refractivity contribution is 0.0917. The molecule has 2 aromatic carbocycles. The zero-order valence-corrected chi connectivity index (χ0v) is 16.2. The van der Waals surface area contributed by atoms with Crippen LogP contribution in [0.25, 0.3) is 0 Å². The van der Waals surface area contributed by atoms with E-state index in [1.54, 1.807) is 39.3 Å². The summed E-state index contributed by atoms with van der Waals surface area (Å²) in [6, 6.07) is 13.5. The van der Waals surface area contributed by atoms with Crippen LogP contribution in [0.2, 0.25) is 0 Å². The summed E-state index contributed by atoms with van der Waals surface area (Å²) in [5.74, 6) is 2.24. The van der Waals surface area contributed by atoms with E-state index in [2.05, 4.69) is 11.0 Å². The third-order valence-corrected chi connectivity index (χ3v) is 4.98. The molecule has 0 bridgehead atoms. The van der Waals surface area contributed by atoms with Crippen LogP contribution in [0.1, 0.15) is 35.7 Å². The summed E-state index contributed by atoms with van der Waals surface area (Å²) in [5, 5.41) is 0. The SMILES string of the molecule is COc1ccc(C(C)=O)c(OC2CCN(Cc3ccccc3OC)CC2)c1. The summed E-state index contributed by atoms with van der Waals surface area (Å²) in [4.78, 5) is 14.3. The van der Waals surface area contributed by atoms with Crippen molar-refractivity contribution in [2.75, 3.05) is 27.3 Å². The van der Waals surface area contributed by atoms with Gasteiger partial charge in [0.15, 0.2) is 5.78 Å². The molecule has 0 aliphatic carbocycles. The second-order valence-electron chi connectivity index (χ2n) is 6.82. The lowest BCUT2D eigenvalue weighted by Gasteiger charge is -2.32. The summed E-state index contributed by atoms with van der Waals surface area (Å²) in [5.41, 5.74) is 1.80. The Hall–Kier alpha value is -2.53. The first-order valence-corrected chi connectivity index (χ1v) is 9.30. The fourth-order valence-corrected chi connectivity index (χ4v) is 3.46. The van der Waals surface area contributed by atoms with E-state index < -0.39 is 0 Å². The minimum absolute atomic E-state index is 0.00117. The van der Waals surface area contributed by atoms with Crippen LogP contribution < -0.4 is 14.2 Å². The molecule has 1 aliphatic rings. The molecule has 5 heteroatoms. The highest BCUT2D eigenvalue weighted by Crippen LogP contribution is 2.29. The highest BCUT2D eigenvalue weighted by molar-refractivity contribution is 5.97. The molecule has 1 heterocycles. The normalized spacial score (nSPS) is 15.4. The number of ether oxygens (including phenoxy) is 3. The second-order valence-corrected chi connectivity index (χ2v) is 6.82. The van der Waals surface area contributed by atoms with E-state index in [1.165, 1.54) is 5.56 Å². The average Bonchev–Trinajstić information content (AvgIpc) is 2.69. The molecule has 0 saturated carbocycles. The fourth-order valence-electron chi connectivity index (χ4n) is 3.46. The standard InChI is InChI=1S/C22H27NO4/c1-16(24)20-9-8-19(25-2)14-22(20)27-18-10-12-23(13-11-18)15-17-6-4-5-7-21(17)26-3/h4-9,14,18H,10-13,15H2,1-3H3. The first-order chi connectivity index (χ1) is 13.1. The third kappa shape index (κ3) is 4.80. The van der Waals surface area contributed by atoms with E-state index in [4.69, 9.17) is 14.2 Å². The Morgan fingerprint density at radius 2 is 1.78 bits per heavy atom. The van der Waals surface area contributed by atoms with Crippen LogP contribution in [0.3, 0.4) is 0 Å². The van der Waals surface area contributed by atoms with Crippen molar-refractivity contribution >= 4 is 5.78 Å². The number of methoxy groups -OCH3 is 2. The van der Waals surface area contributed by atoms with Crippen molar-refractivity contribution < 1.29 is 19.0 Å². The molecule has 0 aromatic heterocycles. The van der Waals surface area contributed by atoms with Gasteiger partial charge in [0.1, 0.15) is 23.4 Å². The molecule has 1 fully saturated rings. The van der Waals surface area contributed by atoms with E-state index in [0.717, 1.165) is 38.2 Å². The van der Waals surface area contributed by atoms with Crippen LogP contribution in [0.15, 0.2) is 42.5 Å². The molecule has 5 nitrogen and oxygen atoms in total. The maximum Gasteiger partial charge on any atom is 0.163 e. The number of hydrogen-bond donors (Lipinski definition) is 0. The van der Waals surface area contributed by atoms with E-state index in [9.17, 15) is 4.79 Å². The summed E-state index contributed by atoms with van der Waals surface area (Å²) in [7, 11) is 3.32. The second kappa shape index (κ2) is 8.91. The Kier molecular flexibility index (Phi) is 6.35. The first-order valence-electron chi connectivity index (χ1n) is 9.30. The van der Waals surface area contributed by atoms with Crippen molar-refractivity contribution in [2.45, 2.75) is 32.4 Å². The van der Waals surface area contributed by atoms with Crippen molar-refractivity contribution in [3.8, 4) is 17.2 Å². The number of benzene rings is 2. The van der Waals surface area contributed by atoms with E-state index in [-0.39, 0.29) is 11.9 Å². The van der Waals surface area contributed by atoms with Gasteiger partial charge in [-0.25, -0.2) is 0 Å². The van der Waals surface area contributed by atoms with E-state index >= 15 is 0 Å². The summed E-state index contributed by atoms with van der Waals surface area (Å²) in [6.07, 6.45) is 1.94. The molecule has 27 heavy (non-hydrogen) atoms. The highest BCUT2D eigenvalue weighted by Gasteiger charge is 2.23. The molecule has 0 radical (unpaired) electrons. The number of carbonyl (C=O) groups is 1. The molecule has 0 unspecified atom stereocenters. The number of para-hydroxylation sites is 1. The molecule has 144 valence electrons. The van der Waals surface area contributed by atoms with Gasteiger partial charge in [0.05, 0.1) is 19.8 Å². The molecule has 0 amide bonds. The maximum absolute atomic E-state index is 11.9. The van der Waals surface area contributed by atoms with Gasteiger partial charge in [-0.3, -0.25) is 9.69 Å². The van der Waals surface area contributed by atoms with Crippen LogP contribution in [-0.4, -0.2) is 44.1 Å². The number of hydrogen-bond acceptors (Lipinski definition) is 5. The molecule has 1 aliphatic heterocycles. The van der Waals surface area contributed by atoms with Crippen molar-refractivity contribution in [2.24, 2.45) is 0 Å². The van der Waals surface area contributed by atoms with E-state index in [0.29, 0.717) is 17.1 Å². The number of Topliss-reactive ketones (excluding diaryl/α,β-unsaturated/α-hetero) is 1. The quantitative estimate of drug-likeness (QED) is 0.692. The Balaban J connectivity index is 1.61. The number of piperidine rings is 1. The molecule has 0 N–H and O–H groups in total. The van der Waals surface area contributed by atoms with Crippen LogP contribution in [-0.2, 0) is 6.54 Å². The minimum atomic E-state index is 0.00117. The molecule has 0 spiro atoms. The van der Waals surface area contributed by atoms with Gasteiger partial charge < -0.3 is 14.2 Å². The predicted molar refractivity (Wildman–Crippen MR) is 105 cm³/mol. The van der Waals surface area contributed by atoms with Gasteiger partial charge in [-0.1, -0.05) is 18.2 Å². The third-order valence-electron chi connectivity index (χ3n) is 4.98. The monoisotopic (exact) mass is 369 g/mol. The number of rotatable bonds is 7. The maximum atomic E-state index is 11.9. The number of nitrogens with zero attached hydrogens (tertiary/aromatic N) is 1. The average molecular weight is 369 g/mol. The van der Waals surface area contributed by atoms with Gasteiger partial charge in [0, 0.05) is 31.3 Å². The van der Waals surface area contributed by atoms with Crippen molar-refractivity contribution in [3.05, 3.63) is 53.6 Å². The molecular formula is C22H27NO4. The van der Waals surface area contributed by atoms with Gasteiger partial charge in [-0.2, -0.15) is 0 Å². The highest BCUT2D eigenvalue weighted by atomic mass is 16.5. The van der Waals surface area contributed by atoms with Crippen LogP contribution in [0, 0.1) is 0 Å². The lowest BCUT2D eigenvalue weighted by Crippen LogP contribution is -2.38. The van der Waals surface area contributed by atoms with Crippen LogP contribution >= 0.6 is 0 Å². The first kappa shape index (κ1) is 19.2. The fraction of sp³-hybridized carbons (Fsp3) is 0.409. The molecule has 1 saturated heterocycles. The van der Waals surface area contributed by atoms with Crippen molar-refractivity contribution in [1.29, 1.82) is 0 Å². The zero-order chi connectivity index (χ0) is 19.2. The van der Waals surface area contributed by atoms with Crippen molar-refractivity contribution in [3.63, 3.8) is 0 Å². The van der Waals surface area contributed by atoms with Gasteiger partial charge in [-0.15, -0.1) is 0 Å². The Bertz CT molecular complexity index is 782. The molecular weight excluding hydrogens is 342 g/mol. The van der Waals surface area contributed by atoms with Crippen LogP contribution in [0.4, 0.5) is 0 Å². The van der Waals surface area contributed by atoms with Gasteiger partial charge in [-0.05, 0) is 38.0 Å². The smallest absolute Gasteiger partial charge is 0.163 e. The van der Waals surface area contributed by atoms with Gasteiger partial charge >= 0.3 is 0 Å². The molecule has 3 rings (SSSR count). The summed E-state index contributed by atoms with van der Waals surface area (Å²) >= 11 is 0. The largest absolute Gasteiger partial charge is 0.497 e. The molecule has 0 atom stereocenters. The van der Waals surface area contributed by atoms with E-state index in [1.807, 2.05) is 18.2 Å². The minimum Gasteiger partial charge on any atom is -0.497 e. The summed E-state index contributed by atoms with van der Waals surface area (Å²) < 4.78 is 16.9.